The molecule has 168 valence electrons. The highest BCUT2D eigenvalue weighted by atomic mass is 35.5. The number of hydrogen-bond donors (Lipinski definition) is 2. The third kappa shape index (κ3) is 5.17. The minimum Gasteiger partial charge on any atom is -0.380 e. The zero-order chi connectivity index (χ0) is 22.5. The Hall–Kier alpha value is -2.75. The molecule has 0 aliphatic heterocycles. The second kappa shape index (κ2) is 10.2. The fourth-order valence-electron chi connectivity index (χ4n) is 3.28. The van der Waals surface area contributed by atoms with Crippen molar-refractivity contribution in [3.05, 3.63) is 52.8 Å². The van der Waals surface area contributed by atoms with E-state index in [9.17, 15) is 9.18 Å². The summed E-state index contributed by atoms with van der Waals surface area (Å²) >= 11 is 7.59. The number of carbonyl (C=O) groups excluding carboxylic acids is 1. The number of fused-ring (bicyclic) bond motifs is 2. The van der Waals surface area contributed by atoms with Gasteiger partial charge in [-0.3, -0.25) is 9.18 Å². The first-order valence-corrected chi connectivity index (χ1v) is 11.4. The first-order chi connectivity index (χ1) is 15.5. The highest BCUT2D eigenvalue weighted by Gasteiger charge is 2.12. The van der Waals surface area contributed by atoms with Gasteiger partial charge in [0.1, 0.15) is 5.82 Å². The van der Waals surface area contributed by atoms with E-state index in [0.29, 0.717) is 43.3 Å². The molecule has 0 saturated heterocycles. The van der Waals surface area contributed by atoms with Gasteiger partial charge in [0, 0.05) is 30.8 Å². The van der Waals surface area contributed by atoms with Gasteiger partial charge in [0.2, 0.25) is 0 Å². The topological polar surface area (TPSA) is 81.1 Å². The van der Waals surface area contributed by atoms with Crippen molar-refractivity contribution in [3.8, 4) is 0 Å². The molecule has 10 heteroatoms. The van der Waals surface area contributed by atoms with Crippen LogP contribution < -0.4 is 10.6 Å². The Bertz CT molecular complexity index is 1240. The zero-order valence-corrected chi connectivity index (χ0v) is 19.1. The number of nitrogens with one attached hydrogen (secondary N) is 2. The molecule has 7 nitrogen and oxygen atoms in total. The third-order valence-electron chi connectivity index (χ3n) is 4.94. The number of alkyl halides is 1. The SMILES string of the molecule is Cn1c(CNc2nc3ccc(Cl)cc3s2)nc2cc(C(=O)NCCOCCCF)ccc21. The van der Waals surface area contributed by atoms with Crippen LogP contribution in [0.25, 0.3) is 21.3 Å². The molecule has 0 radical (unpaired) electrons. The number of rotatable bonds is 10. The van der Waals surface area contributed by atoms with E-state index in [1.165, 1.54) is 11.3 Å². The lowest BCUT2D eigenvalue weighted by Crippen LogP contribution is -2.27. The molecular weight excluding hydrogens is 453 g/mol. The van der Waals surface area contributed by atoms with E-state index in [-0.39, 0.29) is 5.91 Å². The van der Waals surface area contributed by atoms with Crippen LogP contribution in [-0.4, -0.2) is 46.9 Å². The maximum Gasteiger partial charge on any atom is 0.251 e. The summed E-state index contributed by atoms with van der Waals surface area (Å²) in [5.74, 6) is 0.635. The summed E-state index contributed by atoms with van der Waals surface area (Å²) < 4.78 is 20.3. The largest absolute Gasteiger partial charge is 0.380 e. The van der Waals surface area contributed by atoms with Crippen LogP contribution in [0.5, 0.6) is 0 Å². The van der Waals surface area contributed by atoms with Gasteiger partial charge in [-0.05, 0) is 42.8 Å². The van der Waals surface area contributed by atoms with Crippen molar-refractivity contribution < 1.29 is 13.9 Å². The number of anilines is 1. The molecule has 1 amide bonds. The minimum atomic E-state index is -0.399. The predicted octanol–water partition coefficient (Wildman–Crippen LogP) is 4.55. The standard InChI is InChI=1S/C22H23ClFN5O2S/c1-29-18-6-3-14(21(30)25-8-10-31-9-2-7-24)11-17(18)27-20(29)13-26-22-28-16-5-4-15(23)12-19(16)32-22/h3-6,11-12H,2,7-10,13H2,1H3,(H,25,30)(H,26,28). The second-order valence-electron chi connectivity index (χ2n) is 7.19. The van der Waals surface area contributed by atoms with Gasteiger partial charge in [-0.2, -0.15) is 0 Å². The van der Waals surface area contributed by atoms with Crippen LogP contribution in [0.1, 0.15) is 22.6 Å². The smallest absolute Gasteiger partial charge is 0.251 e. The Morgan fingerprint density at radius 3 is 2.91 bits per heavy atom. The van der Waals surface area contributed by atoms with Crippen LogP contribution in [0.15, 0.2) is 36.4 Å². The Morgan fingerprint density at radius 1 is 1.19 bits per heavy atom. The fourth-order valence-corrected chi connectivity index (χ4v) is 4.41. The zero-order valence-electron chi connectivity index (χ0n) is 17.5. The first kappa shape index (κ1) is 22.4. The quantitative estimate of drug-likeness (QED) is 0.329. The van der Waals surface area contributed by atoms with Gasteiger partial charge in [-0.25, -0.2) is 9.97 Å². The molecule has 0 bridgehead atoms. The first-order valence-electron chi connectivity index (χ1n) is 10.2. The van der Waals surface area contributed by atoms with E-state index < -0.39 is 6.67 Å². The second-order valence-corrected chi connectivity index (χ2v) is 8.65. The molecule has 0 spiro atoms. The van der Waals surface area contributed by atoms with Gasteiger partial charge >= 0.3 is 0 Å². The monoisotopic (exact) mass is 475 g/mol. The Balaban J connectivity index is 1.40. The van der Waals surface area contributed by atoms with Gasteiger partial charge in [0.15, 0.2) is 5.13 Å². The molecule has 4 rings (SSSR count). The number of hydrogen-bond acceptors (Lipinski definition) is 6. The highest BCUT2D eigenvalue weighted by molar-refractivity contribution is 7.22. The minimum absolute atomic E-state index is 0.195. The van der Waals surface area contributed by atoms with Gasteiger partial charge < -0.3 is 19.9 Å². The van der Waals surface area contributed by atoms with Crippen molar-refractivity contribution in [1.82, 2.24) is 19.9 Å². The molecule has 2 aromatic heterocycles. The van der Waals surface area contributed by atoms with Crippen LogP contribution in [0.2, 0.25) is 5.02 Å². The predicted molar refractivity (Wildman–Crippen MR) is 126 cm³/mol. The van der Waals surface area contributed by atoms with E-state index in [1.54, 1.807) is 12.1 Å². The van der Waals surface area contributed by atoms with Crippen LogP contribution in [0, 0.1) is 0 Å². The summed E-state index contributed by atoms with van der Waals surface area (Å²) in [6.45, 7) is 1.17. The van der Waals surface area contributed by atoms with Gasteiger partial charge in [-0.1, -0.05) is 22.9 Å². The maximum absolute atomic E-state index is 12.4. The number of halogens is 2. The molecule has 0 aliphatic carbocycles. The Morgan fingerprint density at radius 2 is 2.06 bits per heavy atom. The van der Waals surface area contributed by atoms with Crippen molar-refractivity contribution in [2.45, 2.75) is 13.0 Å². The number of nitrogens with zero attached hydrogens (tertiary/aromatic N) is 3. The summed E-state index contributed by atoms with van der Waals surface area (Å²) in [5, 5.41) is 7.61. The number of benzene rings is 2. The van der Waals surface area contributed by atoms with Gasteiger partial charge in [0.25, 0.3) is 5.91 Å². The molecular formula is C22H23ClFN5O2S. The number of ether oxygens (including phenoxy) is 1. The molecule has 4 aromatic rings. The average Bonchev–Trinajstić information content (AvgIpc) is 3.34. The summed E-state index contributed by atoms with van der Waals surface area (Å²) in [4.78, 5) is 21.7. The molecule has 2 N–H and O–H groups in total. The molecule has 2 heterocycles. The van der Waals surface area contributed by atoms with Crippen LogP contribution in [-0.2, 0) is 18.3 Å². The summed E-state index contributed by atoms with van der Waals surface area (Å²) in [6.07, 6.45) is 0.370. The van der Waals surface area contributed by atoms with E-state index in [1.807, 2.05) is 35.9 Å². The average molecular weight is 476 g/mol. The summed E-state index contributed by atoms with van der Waals surface area (Å²) in [5.41, 5.74) is 3.11. The number of aryl methyl sites for hydroxylation is 1. The molecule has 0 unspecified atom stereocenters. The lowest BCUT2D eigenvalue weighted by atomic mass is 10.2. The van der Waals surface area contributed by atoms with Gasteiger partial charge in [0.05, 0.1) is 41.1 Å². The fraction of sp³-hybridized carbons (Fsp3) is 0.318. The van der Waals surface area contributed by atoms with Crippen molar-refractivity contribution in [1.29, 1.82) is 0 Å². The normalized spacial score (nSPS) is 11.3. The van der Waals surface area contributed by atoms with Crippen LogP contribution in [0.3, 0.4) is 0 Å². The Labute approximate surface area is 193 Å². The van der Waals surface area contributed by atoms with Crippen molar-refractivity contribution >= 4 is 55.2 Å². The van der Waals surface area contributed by atoms with Crippen molar-refractivity contribution in [2.24, 2.45) is 7.05 Å². The maximum atomic E-state index is 12.4. The van der Waals surface area contributed by atoms with Crippen LogP contribution >= 0.6 is 22.9 Å². The number of amides is 1. The third-order valence-corrected chi connectivity index (χ3v) is 6.15. The summed E-state index contributed by atoms with van der Waals surface area (Å²) in [7, 11) is 1.94. The Kier molecular flexibility index (Phi) is 7.19. The number of thiazole rings is 1. The van der Waals surface area contributed by atoms with Crippen molar-refractivity contribution in [2.75, 3.05) is 31.7 Å². The molecule has 0 fully saturated rings. The molecule has 32 heavy (non-hydrogen) atoms. The molecule has 0 saturated carbocycles. The molecule has 0 aliphatic rings. The van der Waals surface area contributed by atoms with Crippen LogP contribution in [0.4, 0.5) is 9.52 Å². The van der Waals surface area contributed by atoms with E-state index in [2.05, 4.69) is 20.6 Å². The number of imidazole rings is 1. The van der Waals surface area contributed by atoms with Crippen molar-refractivity contribution in [3.63, 3.8) is 0 Å². The lowest BCUT2D eigenvalue weighted by Gasteiger charge is -2.06. The highest BCUT2D eigenvalue weighted by Crippen LogP contribution is 2.28. The summed E-state index contributed by atoms with van der Waals surface area (Å²) in [6, 6.07) is 11.1. The van der Waals surface area contributed by atoms with E-state index in [4.69, 9.17) is 16.3 Å². The van der Waals surface area contributed by atoms with E-state index >= 15 is 0 Å². The number of carbonyl (C=O) groups is 1. The number of aromatic nitrogens is 3. The molecule has 0 atom stereocenters. The molecule has 2 aromatic carbocycles. The van der Waals surface area contributed by atoms with E-state index in [0.717, 1.165) is 32.2 Å². The van der Waals surface area contributed by atoms with Gasteiger partial charge in [-0.15, -0.1) is 0 Å². The lowest BCUT2D eigenvalue weighted by molar-refractivity contribution is 0.0909.